The average molecular weight is 458 g/mol. The normalized spacial score (nSPS) is 11.5. The fourth-order valence-corrected chi connectivity index (χ4v) is 4.05. The van der Waals surface area contributed by atoms with Gasteiger partial charge in [0.15, 0.2) is 11.2 Å². The van der Waals surface area contributed by atoms with Crippen molar-refractivity contribution in [3.05, 3.63) is 117 Å². The van der Waals surface area contributed by atoms with E-state index in [9.17, 15) is 14.0 Å². The fourth-order valence-electron chi connectivity index (χ4n) is 4.05. The molecule has 0 aliphatic rings. The van der Waals surface area contributed by atoms with Gasteiger partial charge in [-0.1, -0.05) is 44.2 Å². The molecule has 172 valence electrons. The van der Waals surface area contributed by atoms with Gasteiger partial charge in [0.05, 0.1) is 31.4 Å². The Morgan fingerprint density at radius 3 is 2.41 bits per heavy atom. The van der Waals surface area contributed by atoms with E-state index in [1.165, 1.54) is 23.2 Å². The van der Waals surface area contributed by atoms with Crippen LogP contribution in [0.2, 0.25) is 0 Å². The molecule has 0 amide bonds. The molecule has 3 heterocycles. The molecule has 3 aromatic heterocycles. The van der Waals surface area contributed by atoms with Crippen LogP contribution < -0.4 is 11.2 Å². The topological polar surface area (TPSA) is 75.0 Å². The Labute approximate surface area is 194 Å². The molecule has 8 heteroatoms. The van der Waals surface area contributed by atoms with E-state index in [-0.39, 0.29) is 30.1 Å². The van der Waals surface area contributed by atoms with Gasteiger partial charge in [-0.3, -0.25) is 9.36 Å². The Kier molecular flexibility index (Phi) is 5.49. The number of halogens is 1. The number of aromatic nitrogens is 4. The Hall–Kier alpha value is -4.20. The summed E-state index contributed by atoms with van der Waals surface area (Å²) < 4.78 is 23.8. The second-order valence-corrected chi connectivity index (χ2v) is 8.47. The van der Waals surface area contributed by atoms with Crippen molar-refractivity contribution in [2.45, 2.75) is 32.9 Å². The van der Waals surface area contributed by atoms with Crippen LogP contribution in [0.1, 0.15) is 36.7 Å². The number of benzene rings is 2. The second kappa shape index (κ2) is 8.62. The van der Waals surface area contributed by atoms with Crippen molar-refractivity contribution in [3.8, 4) is 5.69 Å². The molecule has 5 rings (SSSR count). The summed E-state index contributed by atoms with van der Waals surface area (Å²) in [5.41, 5.74) is 1.52. The van der Waals surface area contributed by atoms with Gasteiger partial charge in [0.2, 0.25) is 0 Å². The molecule has 0 fully saturated rings. The molecular weight excluding hydrogens is 435 g/mol. The fraction of sp³-hybridized carbons (Fsp3) is 0.192. The lowest BCUT2D eigenvalue weighted by Gasteiger charge is -2.13. The van der Waals surface area contributed by atoms with Crippen LogP contribution in [0.15, 0.2) is 87.3 Å². The Bertz CT molecular complexity index is 1580. The minimum absolute atomic E-state index is 0.0322. The first-order chi connectivity index (χ1) is 16.4. The SMILES string of the molecule is CC(C)c1ccc(-n2c(=O)n(Cc3ccco3)c(=O)c3c2ncn3Cc2ccccc2F)cc1. The number of imidazole rings is 1. The minimum Gasteiger partial charge on any atom is -0.467 e. The predicted octanol–water partition coefficient (Wildman–Crippen LogP) is 4.30. The van der Waals surface area contributed by atoms with Gasteiger partial charge in [0.25, 0.3) is 5.56 Å². The first-order valence-corrected chi connectivity index (χ1v) is 11.0. The van der Waals surface area contributed by atoms with Gasteiger partial charge in [-0.05, 0) is 41.8 Å². The predicted molar refractivity (Wildman–Crippen MR) is 127 cm³/mol. The van der Waals surface area contributed by atoms with E-state index in [1.54, 1.807) is 34.9 Å². The molecule has 0 bridgehead atoms. The number of hydrogen-bond donors (Lipinski definition) is 0. The van der Waals surface area contributed by atoms with E-state index in [1.807, 2.05) is 24.3 Å². The molecule has 0 saturated heterocycles. The van der Waals surface area contributed by atoms with Crippen molar-refractivity contribution >= 4 is 11.2 Å². The third-order valence-corrected chi connectivity index (χ3v) is 5.91. The molecule has 0 aliphatic carbocycles. The highest BCUT2D eigenvalue weighted by Crippen LogP contribution is 2.19. The van der Waals surface area contributed by atoms with E-state index in [2.05, 4.69) is 18.8 Å². The largest absolute Gasteiger partial charge is 0.467 e. The van der Waals surface area contributed by atoms with Crippen LogP contribution >= 0.6 is 0 Å². The van der Waals surface area contributed by atoms with Crippen LogP contribution in [0.5, 0.6) is 0 Å². The first kappa shape index (κ1) is 21.6. The average Bonchev–Trinajstić information content (AvgIpc) is 3.49. The lowest BCUT2D eigenvalue weighted by molar-refractivity contribution is 0.482. The Morgan fingerprint density at radius 2 is 1.74 bits per heavy atom. The van der Waals surface area contributed by atoms with Gasteiger partial charge < -0.3 is 8.98 Å². The van der Waals surface area contributed by atoms with Crippen molar-refractivity contribution in [2.24, 2.45) is 0 Å². The monoisotopic (exact) mass is 458 g/mol. The van der Waals surface area contributed by atoms with Crippen molar-refractivity contribution in [2.75, 3.05) is 0 Å². The van der Waals surface area contributed by atoms with Crippen LogP contribution in [-0.2, 0) is 13.1 Å². The zero-order valence-electron chi connectivity index (χ0n) is 18.8. The van der Waals surface area contributed by atoms with Crippen LogP contribution in [0, 0.1) is 5.82 Å². The van der Waals surface area contributed by atoms with E-state index in [0.717, 1.165) is 10.1 Å². The number of furan rings is 1. The highest BCUT2D eigenvalue weighted by Gasteiger charge is 2.20. The number of rotatable bonds is 6. The molecule has 0 atom stereocenters. The van der Waals surface area contributed by atoms with Crippen LogP contribution in [0.25, 0.3) is 16.9 Å². The molecule has 0 unspecified atom stereocenters. The van der Waals surface area contributed by atoms with Crippen molar-refractivity contribution in [3.63, 3.8) is 0 Å². The Morgan fingerprint density at radius 1 is 0.971 bits per heavy atom. The molecule has 7 nitrogen and oxygen atoms in total. The van der Waals surface area contributed by atoms with Crippen LogP contribution in [0.3, 0.4) is 0 Å². The van der Waals surface area contributed by atoms with E-state index >= 15 is 0 Å². The summed E-state index contributed by atoms with van der Waals surface area (Å²) in [6, 6.07) is 17.4. The molecule has 0 N–H and O–H groups in total. The summed E-state index contributed by atoms with van der Waals surface area (Å²) in [7, 11) is 0. The van der Waals surface area contributed by atoms with E-state index in [0.29, 0.717) is 22.9 Å². The van der Waals surface area contributed by atoms with E-state index in [4.69, 9.17) is 4.42 Å². The molecule has 5 aromatic rings. The van der Waals surface area contributed by atoms with Crippen molar-refractivity contribution in [1.82, 2.24) is 18.7 Å². The molecule has 0 aliphatic heterocycles. The highest BCUT2D eigenvalue weighted by atomic mass is 19.1. The zero-order valence-corrected chi connectivity index (χ0v) is 18.8. The van der Waals surface area contributed by atoms with Gasteiger partial charge in [0.1, 0.15) is 11.6 Å². The van der Waals surface area contributed by atoms with Crippen molar-refractivity contribution < 1.29 is 8.81 Å². The third kappa shape index (κ3) is 3.77. The maximum atomic E-state index is 14.3. The third-order valence-electron chi connectivity index (χ3n) is 5.91. The second-order valence-electron chi connectivity index (χ2n) is 8.47. The van der Waals surface area contributed by atoms with Gasteiger partial charge in [-0.2, -0.15) is 0 Å². The maximum Gasteiger partial charge on any atom is 0.337 e. The minimum atomic E-state index is -0.526. The van der Waals surface area contributed by atoms with Crippen LogP contribution in [-0.4, -0.2) is 18.7 Å². The van der Waals surface area contributed by atoms with Crippen molar-refractivity contribution in [1.29, 1.82) is 0 Å². The van der Waals surface area contributed by atoms with E-state index < -0.39 is 11.2 Å². The standard InChI is InChI=1S/C26H23FN4O3/c1-17(2)18-9-11-20(12-10-18)31-24-23(25(32)30(26(31)33)15-21-7-5-13-34-21)29(16-28-24)14-19-6-3-4-8-22(19)27/h3-13,16-17H,14-15H2,1-2H3. The molecule has 0 spiro atoms. The summed E-state index contributed by atoms with van der Waals surface area (Å²) in [5, 5.41) is 0. The zero-order chi connectivity index (χ0) is 23.8. The first-order valence-electron chi connectivity index (χ1n) is 11.0. The van der Waals surface area contributed by atoms with Gasteiger partial charge in [-0.15, -0.1) is 0 Å². The molecule has 34 heavy (non-hydrogen) atoms. The summed E-state index contributed by atoms with van der Waals surface area (Å²) in [4.78, 5) is 31.5. The summed E-state index contributed by atoms with van der Waals surface area (Å²) in [5.74, 6) is 0.428. The molecule has 0 saturated carbocycles. The molecule has 2 aromatic carbocycles. The quantitative estimate of drug-likeness (QED) is 0.380. The summed E-state index contributed by atoms with van der Waals surface area (Å²) in [6.45, 7) is 4.25. The van der Waals surface area contributed by atoms with Gasteiger partial charge in [0, 0.05) is 5.56 Å². The smallest absolute Gasteiger partial charge is 0.337 e. The van der Waals surface area contributed by atoms with Crippen LogP contribution in [0.4, 0.5) is 4.39 Å². The maximum absolute atomic E-state index is 14.3. The van der Waals surface area contributed by atoms with Gasteiger partial charge >= 0.3 is 5.69 Å². The molecule has 0 radical (unpaired) electrons. The van der Waals surface area contributed by atoms with Gasteiger partial charge in [-0.25, -0.2) is 18.7 Å². The Balaban J connectivity index is 1.75. The lowest BCUT2D eigenvalue weighted by Crippen LogP contribution is -2.40. The number of hydrogen-bond acceptors (Lipinski definition) is 4. The highest BCUT2D eigenvalue weighted by molar-refractivity contribution is 5.72. The summed E-state index contributed by atoms with van der Waals surface area (Å²) in [6.07, 6.45) is 2.96. The number of nitrogens with zero attached hydrogens (tertiary/aromatic N) is 4. The molecular formula is C26H23FN4O3. The lowest BCUT2D eigenvalue weighted by atomic mass is 10.0. The number of fused-ring (bicyclic) bond motifs is 1. The summed E-state index contributed by atoms with van der Waals surface area (Å²) >= 11 is 0.